The van der Waals surface area contributed by atoms with E-state index < -0.39 is 36.6 Å². The average molecular weight is 569 g/mol. The molecule has 6 nitrogen and oxygen atoms in total. The van der Waals surface area contributed by atoms with Gasteiger partial charge in [0.15, 0.2) is 0 Å². The summed E-state index contributed by atoms with van der Waals surface area (Å²) in [5.41, 5.74) is 4.25. The Morgan fingerprint density at radius 1 is 0.333 bits per heavy atom. The second-order valence-corrected chi connectivity index (χ2v) is 10.4. The lowest BCUT2D eigenvalue weighted by molar-refractivity contribution is -0.281. The highest BCUT2D eigenvalue weighted by Crippen LogP contribution is 2.35. The fraction of sp³-hybridized carbons (Fsp3) is 0.333. The summed E-state index contributed by atoms with van der Waals surface area (Å²) in [6.07, 6.45) is -2.90. The summed E-state index contributed by atoms with van der Waals surface area (Å²) in [5, 5.41) is 0. The van der Waals surface area contributed by atoms with Crippen LogP contribution in [0.1, 0.15) is 22.3 Å². The summed E-state index contributed by atoms with van der Waals surface area (Å²) in [5.74, 6) is 0. The van der Waals surface area contributed by atoms with E-state index in [2.05, 4.69) is 24.3 Å². The average Bonchev–Trinajstić information content (AvgIpc) is 3.06. The monoisotopic (exact) mass is 568 g/mol. The normalized spacial score (nSPS) is 24.0. The number of hydrogen-bond acceptors (Lipinski definition) is 6. The maximum absolute atomic E-state index is 6.71. The molecule has 4 aromatic carbocycles. The van der Waals surface area contributed by atoms with Gasteiger partial charge in [-0.05, 0) is 22.3 Å². The Labute approximate surface area is 249 Å². The number of benzene rings is 4. The van der Waals surface area contributed by atoms with E-state index in [0.717, 1.165) is 22.3 Å². The van der Waals surface area contributed by atoms with Crippen LogP contribution in [0.4, 0.5) is 0 Å². The largest absolute Gasteiger partial charge is 0.376 e. The minimum Gasteiger partial charge on any atom is -0.376 e. The first-order valence-electron chi connectivity index (χ1n) is 14.4. The summed E-state index contributed by atoms with van der Waals surface area (Å²) >= 11 is 0. The maximum atomic E-state index is 6.71. The van der Waals surface area contributed by atoms with Crippen molar-refractivity contribution < 1.29 is 28.4 Å². The lowest BCUT2D eigenvalue weighted by Crippen LogP contribution is -2.67. The van der Waals surface area contributed by atoms with Gasteiger partial charge < -0.3 is 28.4 Å². The fourth-order valence-electron chi connectivity index (χ4n) is 5.48. The molecule has 6 heteroatoms. The highest BCUT2D eigenvalue weighted by Gasteiger charge is 2.54. The molecule has 42 heavy (non-hydrogen) atoms. The number of rotatable bonds is 14. The van der Waals surface area contributed by atoms with Gasteiger partial charge in [-0.15, -0.1) is 0 Å². The molecule has 1 aliphatic carbocycles. The van der Waals surface area contributed by atoms with Crippen LogP contribution in [0.25, 0.3) is 0 Å². The molecule has 0 amide bonds. The van der Waals surface area contributed by atoms with Crippen LogP contribution in [0, 0.1) is 0 Å². The number of hydrogen-bond donors (Lipinski definition) is 0. The van der Waals surface area contributed by atoms with E-state index >= 15 is 0 Å². The zero-order valence-corrected chi connectivity index (χ0v) is 24.3. The van der Waals surface area contributed by atoms with E-state index in [4.69, 9.17) is 28.4 Å². The second-order valence-electron chi connectivity index (χ2n) is 10.4. The van der Waals surface area contributed by atoms with Gasteiger partial charge in [0.1, 0.15) is 36.6 Å². The first-order chi connectivity index (χ1) is 20.8. The summed E-state index contributed by atoms with van der Waals surface area (Å²) in [4.78, 5) is 0. The van der Waals surface area contributed by atoms with Gasteiger partial charge in [-0.3, -0.25) is 0 Å². The Kier molecular flexibility index (Phi) is 11.3. The predicted molar refractivity (Wildman–Crippen MR) is 162 cm³/mol. The van der Waals surface area contributed by atoms with Crippen molar-refractivity contribution in [3.8, 4) is 0 Å². The van der Waals surface area contributed by atoms with Crippen LogP contribution in [0.15, 0.2) is 121 Å². The van der Waals surface area contributed by atoms with Gasteiger partial charge in [0.25, 0.3) is 0 Å². The first kappa shape index (κ1) is 30.1. The second kappa shape index (κ2) is 15.8. The van der Waals surface area contributed by atoms with E-state index in [1.165, 1.54) is 0 Å². The van der Waals surface area contributed by atoms with Crippen molar-refractivity contribution in [2.75, 3.05) is 14.2 Å². The molecule has 0 aromatic heterocycles. The zero-order valence-electron chi connectivity index (χ0n) is 24.3. The van der Waals surface area contributed by atoms with Crippen LogP contribution in [-0.4, -0.2) is 50.8 Å². The highest BCUT2D eigenvalue weighted by molar-refractivity contribution is 5.17. The van der Waals surface area contributed by atoms with Gasteiger partial charge in [0.2, 0.25) is 0 Å². The standard InChI is InChI=1S/C36H40O6/c1-37-31-32(38-2)34(40-24-28-17-9-4-10-18-28)36(42-26-30-21-13-6-14-22-30)35(41-25-29-19-11-5-12-20-29)33(31)39-23-27-15-7-3-8-16-27/h3-22,31-36H,23-26H2,1-2H3/t31-,32+,33-,34-,35+,36+/m0/s1. The summed E-state index contributed by atoms with van der Waals surface area (Å²) in [6.45, 7) is 1.57. The number of ether oxygens (including phenoxy) is 6. The van der Waals surface area contributed by atoms with Crippen molar-refractivity contribution in [3.63, 3.8) is 0 Å². The third kappa shape index (κ3) is 7.92. The molecule has 220 valence electrons. The van der Waals surface area contributed by atoms with Crippen molar-refractivity contribution in [2.24, 2.45) is 0 Å². The Bertz CT molecular complexity index is 1180. The molecule has 0 saturated heterocycles. The van der Waals surface area contributed by atoms with Gasteiger partial charge in [-0.2, -0.15) is 0 Å². The van der Waals surface area contributed by atoms with E-state index in [0.29, 0.717) is 26.4 Å². The third-order valence-corrected chi connectivity index (χ3v) is 7.63. The molecule has 1 saturated carbocycles. The van der Waals surface area contributed by atoms with Gasteiger partial charge in [-0.1, -0.05) is 121 Å². The highest BCUT2D eigenvalue weighted by atomic mass is 16.6. The van der Waals surface area contributed by atoms with Crippen LogP contribution in [0.2, 0.25) is 0 Å². The molecule has 4 aromatic rings. The molecule has 1 aliphatic rings. The summed E-state index contributed by atoms with van der Waals surface area (Å²) in [7, 11) is 3.37. The van der Waals surface area contributed by atoms with Gasteiger partial charge in [-0.25, -0.2) is 0 Å². The predicted octanol–water partition coefficient (Wildman–Crippen LogP) is 6.37. The molecule has 0 N–H and O–H groups in total. The van der Waals surface area contributed by atoms with Crippen LogP contribution in [0.3, 0.4) is 0 Å². The van der Waals surface area contributed by atoms with Crippen molar-refractivity contribution in [1.82, 2.24) is 0 Å². The summed E-state index contributed by atoms with van der Waals surface area (Å²) in [6, 6.07) is 40.5. The molecule has 5 rings (SSSR count). The maximum Gasteiger partial charge on any atom is 0.116 e. The lowest BCUT2D eigenvalue weighted by Gasteiger charge is -2.49. The lowest BCUT2D eigenvalue weighted by atomic mass is 9.83. The molecular formula is C36H40O6. The Balaban J connectivity index is 1.47. The van der Waals surface area contributed by atoms with Crippen molar-refractivity contribution in [2.45, 2.75) is 63.1 Å². The number of methoxy groups -OCH3 is 2. The first-order valence-corrected chi connectivity index (χ1v) is 14.4. The SMILES string of the molecule is CO[C@@H]1[C@H](OC)[C@H](OCc2ccccc2)[C@@H](OCc2ccccc2)[C@H](OCc2ccccc2)[C@H]1OCc1ccccc1. The molecule has 0 radical (unpaired) electrons. The van der Waals surface area contributed by atoms with Gasteiger partial charge in [0, 0.05) is 14.2 Å². The smallest absolute Gasteiger partial charge is 0.116 e. The fourth-order valence-corrected chi connectivity index (χ4v) is 5.48. The van der Waals surface area contributed by atoms with Crippen molar-refractivity contribution in [1.29, 1.82) is 0 Å². The molecule has 1 fully saturated rings. The zero-order chi connectivity index (χ0) is 29.0. The summed E-state index contributed by atoms with van der Waals surface area (Å²) < 4.78 is 38.9. The molecule has 0 heterocycles. The molecule has 6 atom stereocenters. The van der Waals surface area contributed by atoms with E-state index in [9.17, 15) is 0 Å². The van der Waals surface area contributed by atoms with Gasteiger partial charge in [0.05, 0.1) is 26.4 Å². The molecular weight excluding hydrogens is 528 g/mol. The molecule has 0 bridgehead atoms. The van der Waals surface area contributed by atoms with E-state index in [-0.39, 0.29) is 0 Å². The topological polar surface area (TPSA) is 55.4 Å². The minimum atomic E-state index is -0.505. The van der Waals surface area contributed by atoms with Crippen molar-refractivity contribution in [3.05, 3.63) is 144 Å². The van der Waals surface area contributed by atoms with Crippen LogP contribution in [-0.2, 0) is 54.8 Å². The molecule has 0 aliphatic heterocycles. The molecule has 0 spiro atoms. The Morgan fingerprint density at radius 3 is 0.762 bits per heavy atom. The van der Waals surface area contributed by atoms with Crippen LogP contribution < -0.4 is 0 Å². The van der Waals surface area contributed by atoms with E-state index in [1.807, 2.05) is 97.1 Å². The minimum absolute atomic E-state index is 0.390. The Morgan fingerprint density at radius 2 is 0.548 bits per heavy atom. The van der Waals surface area contributed by atoms with E-state index in [1.54, 1.807) is 14.2 Å². The quantitative estimate of drug-likeness (QED) is 0.176. The Hall–Kier alpha value is -3.36. The van der Waals surface area contributed by atoms with Crippen LogP contribution in [0.5, 0.6) is 0 Å². The van der Waals surface area contributed by atoms with Gasteiger partial charge >= 0.3 is 0 Å². The third-order valence-electron chi connectivity index (χ3n) is 7.63. The van der Waals surface area contributed by atoms with Crippen LogP contribution >= 0.6 is 0 Å². The van der Waals surface area contributed by atoms with Crippen molar-refractivity contribution >= 4 is 0 Å². The molecule has 0 unspecified atom stereocenters.